The molecule has 0 aliphatic heterocycles. The van der Waals surface area contributed by atoms with Crippen molar-refractivity contribution in [3.05, 3.63) is 54.9 Å². The summed E-state index contributed by atoms with van der Waals surface area (Å²) in [5.41, 5.74) is 2.64. The van der Waals surface area contributed by atoms with E-state index >= 15 is 0 Å². The highest BCUT2D eigenvalue weighted by Gasteiger charge is 2.10. The van der Waals surface area contributed by atoms with Crippen LogP contribution >= 0.6 is 11.8 Å². The fraction of sp³-hybridized carbons (Fsp3) is 0.211. The number of aliphatic hydroxyl groups is 1. The third-order valence-electron chi connectivity index (χ3n) is 3.70. The highest BCUT2D eigenvalue weighted by atomic mass is 32.2. The smallest absolute Gasteiger partial charge is 0.225 e. The van der Waals surface area contributed by atoms with Gasteiger partial charge in [-0.3, -0.25) is 4.98 Å². The average molecular weight is 367 g/mol. The minimum absolute atomic E-state index is 0.00144. The topological polar surface area (TPSA) is 83.0 Å². The molecule has 0 amide bonds. The lowest BCUT2D eigenvalue weighted by Crippen LogP contribution is -2.21. The molecule has 0 aliphatic rings. The fourth-order valence-corrected chi connectivity index (χ4v) is 2.94. The highest BCUT2D eigenvalue weighted by Crippen LogP contribution is 2.29. The highest BCUT2D eigenvalue weighted by molar-refractivity contribution is 7.98. The molecule has 0 aliphatic carbocycles. The lowest BCUT2D eigenvalue weighted by Gasteiger charge is -2.15. The first-order valence-electron chi connectivity index (χ1n) is 8.26. The number of aliphatic hydroxyl groups excluding tert-OH is 1. The quantitative estimate of drug-likeness (QED) is 0.548. The minimum atomic E-state index is -0.148. The zero-order chi connectivity index (χ0) is 18.4. The van der Waals surface area contributed by atoms with Gasteiger partial charge in [0.15, 0.2) is 0 Å². The number of pyridine rings is 1. The molecule has 7 heteroatoms. The number of para-hydroxylation sites is 1. The standard InChI is InChI=1S/C19H21N5OS/c1-13(12-25)21-19-23-16(14-6-5-9-20-11-14)10-18(24-19)22-15-7-3-4-8-17(15)26-2/h3-11,13,25H,12H2,1-2H3,(H2,21,22,23,24)/t13-/m1/s1. The molecule has 3 aromatic rings. The van der Waals surface area contributed by atoms with Gasteiger partial charge in [0.25, 0.3) is 0 Å². The van der Waals surface area contributed by atoms with E-state index in [0.29, 0.717) is 11.8 Å². The summed E-state index contributed by atoms with van der Waals surface area (Å²) in [5.74, 6) is 1.13. The van der Waals surface area contributed by atoms with Crippen LogP contribution in [-0.2, 0) is 0 Å². The van der Waals surface area contributed by atoms with E-state index in [1.54, 1.807) is 24.2 Å². The monoisotopic (exact) mass is 367 g/mol. The fourth-order valence-electron chi connectivity index (χ4n) is 2.39. The molecule has 0 radical (unpaired) electrons. The van der Waals surface area contributed by atoms with Crippen molar-refractivity contribution in [2.45, 2.75) is 17.9 Å². The molecular formula is C19H21N5OS. The number of benzene rings is 1. The summed E-state index contributed by atoms with van der Waals surface area (Å²) in [6, 6.07) is 13.6. The van der Waals surface area contributed by atoms with Gasteiger partial charge in [0.05, 0.1) is 18.0 Å². The van der Waals surface area contributed by atoms with Gasteiger partial charge in [-0.05, 0) is 37.4 Å². The molecule has 0 saturated heterocycles. The molecule has 0 bridgehead atoms. The Morgan fingerprint density at radius 1 is 1.15 bits per heavy atom. The first-order chi connectivity index (χ1) is 12.7. The van der Waals surface area contributed by atoms with Crippen molar-refractivity contribution in [1.82, 2.24) is 15.0 Å². The van der Waals surface area contributed by atoms with Crippen molar-refractivity contribution in [2.75, 3.05) is 23.5 Å². The zero-order valence-corrected chi connectivity index (χ0v) is 15.5. The molecule has 3 N–H and O–H groups in total. The van der Waals surface area contributed by atoms with Crippen molar-refractivity contribution < 1.29 is 5.11 Å². The number of hydrogen-bond acceptors (Lipinski definition) is 7. The van der Waals surface area contributed by atoms with Crippen LogP contribution in [0.1, 0.15) is 6.92 Å². The number of thioether (sulfide) groups is 1. The van der Waals surface area contributed by atoms with Gasteiger partial charge in [0, 0.05) is 35.0 Å². The maximum absolute atomic E-state index is 9.31. The first kappa shape index (κ1) is 18.2. The molecule has 0 saturated carbocycles. The molecule has 6 nitrogen and oxygen atoms in total. The van der Waals surface area contributed by atoms with Crippen LogP contribution in [0.3, 0.4) is 0 Å². The molecule has 0 spiro atoms. The van der Waals surface area contributed by atoms with Crippen LogP contribution in [0.15, 0.2) is 59.8 Å². The Bertz CT molecular complexity index is 860. The normalized spacial score (nSPS) is 11.8. The van der Waals surface area contributed by atoms with Crippen LogP contribution in [0.4, 0.5) is 17.5 Å². The van der Waals surface area contributed by atoms with E-state index in [2.05, 4.69) is 31.7 Å². The van der Waals surface area contributed by atoms with Gasteiger partial charge in [0.1, 0.15) is 5.82 Å². The van der Waals surface area contributed by atoms with Gasteiger partial charge < -0.3 is 15.7 Å². The van der Waals surface area contributed by atoms with Crippen molar-refractivity contribution in [3.8, 4) is 11.3 Å². The SMILES string of the molecule is CSc1ccccc1Nc1cc(-c2cccnc2)nc(N[C@H](C)CO)n1. The second-order valence-electron chi connectivity index (χ2n) is 5.76. The summed E-state index contributed by atoms with van der Waals surface area (Å²) in [7, 11) is 0. The minimum Gasteiger partial charge on any atom is -0.394 e. The number of hydrogen-bond donors (Lipinski definition) is 3. The Morgan fingerprint density at radius 3 is 2.73 bits per heavy atom. The molecule has 0 fully saturated rings. The molecule has 2 aromatic heterocycles. The van der Waals surface area contributed by atoms with E-state index in [1.807, 2.05) is 49.6 Å². The van der Waals surface area contributed by atoms with Gasteiger partial charge in [-0.2, -0.15) is 4.98 Å². The lowest BCUT2D eigenvalue weighted by molar-refractivity contribution is 0.281. The molecule has 134 valence electrons. The second kappa shape index (κ2) is 8.64. The Labute approximate surface area is 157 Å². The van der Waals surface area contributed by atoms with Crippen LogP contribution in [-0.4, -0.2) is 39.0 Å². The van der Waals surface area contributed by atoms with Crippen LogP contribution in [0, 0.1) is 0 Å². The van der Waals surface area contributed by atoms with E-state index in [4.69, 9.17) is 0 Å². The van der Waals surface area contributed by atoms with E-state index < -0.39 is 0 Å². The summed E-state index contributed by atoms with van der Waals surface area (Å²) < 4.78 is 0. The Hall–Kier alpha value is -2.64. The van der Waals surface area contributed by atoms with Gasteiger partial charge in [-0.25, -0.2) is 4.98 Å². The maximum atomic E-state index is 9.31. The summed E-state index contributed by atoms with van der Waals surface area (Å²) in [4.78, 5) is 14.4. The Kier molecular flexibility index (Phi) is 6.04. The number of anilines is 3. The molecule has 1 aromatic carbocycles. The summed E-state index contributed by atoms with van der Waals surface area (Å²) in [5, 5.41) is 15.8. The van der Waals surface area contributed by atoms with E-state index in [0.717, 1.165) is 21.8 Å². The van der Waals surface area contributed by atoms with Crippen molar-refractivity contribution >= 4 is 29.2 Å². The maximum Gasteiger partial charge on any atom is 0.225 e. The summed E-state index contributed by atoms with van der Waals surface area (Å²) in [6.45, 7) is 1.87. The second-order valence-corrected chi connectivity index (χ2v) is 6.61. The van der Waals surface area contributed by atoms with E-state index in [1.165, 1.54) is 0 Å². The van der Waals surface area contributed by atoms with Gasteiger partial charge in [-0.1, -0.05) is 12.1 Å². The van der Waals surface area contributed by atoms with Crippen LogP contribution in [0.2, 0.25) is 0 Å². The van der Waals surface area contributed by atoms with Crippen LogP contribution in [0.5, 0.6) is 0 Å². The Balaban J connectivity index is 1.99. The third kappa shape index (κ3) is 4.50. The number of nitrogens with zero attached hydrogens (tertiary/aromatic N) is 3. The van der Waals surface area contributed by atoms with Crippen molar-refractivity contribution in [1.29, 1.82) is 0 Å². The predicted octanol–water partition coefficient (Wildman–Crippen LogP) is 3.80. The third-order valence-corrected chi connectivity index (χ3v) is 4.50. The zero-order valence-electron chi connectivity index (χ0n) is 14.7. The van der Waals surface area contributed by atoms with Gasteiger partial charge in [-0.15, -0.1) is 11.8 Å². The molecule has 1 atom stereocenters. The van der Waals surface area contributed by atoms with Crippen LogP contribution in [0.25, 0.3) is 11.3 Å². The molecule has 0 unspecified atom stereocenters. The first-order valence-corrected chi connectivity index (χ1v) is 9.49. The molecular weight excluding hydrogens is 346 g/mol. The largest absolute Gasteiger partial charge is 0.394 e. The summed E-state index contributed by atoms with van der Waals surface area (Å²) >= 11 is 1.67. The number of rotatable bonds is 7. The van der Waals surface area contributed by atoms with Crippen molar-refractivity contribution in [3.63, 3.8) is 0 Å². The Morgan fingerprint density at radius 2 is 2.00 bits per heavy atom. The predicted molar refractivity (Wildman–Crippen MR) is 107 cm³/mol. The lowest BCUT2D eigenvalue weighted by atomic mass is 10.2. The van der Waals surface area contributed by atoms with Gasteiger partial charge >= 0.3 is 0 Å². The van der Waals surface area contributed by atoms with Crippen molar-refractivity contribution in [2.24, 2.45) is 0 Å². The molecule has 3 rings (SSSR count). The van der Waals surface area contributed by atoms with Crippen LogP contribution < -0.4 is 10.6 Å². The molecule has 26 heavy (non-hydrogen) atoms. The van der Waals surface area contributed by atoms with E-state index in [-0.39, 0.29) is 12.6 Å². The summed E-state index contributed by atoms with van der Waals surface area (Å²) in [6.07, 6.45) is 5.53. The molecule has 2 heterocycles. The average Bonchev–Trinajstić information content (AvgIpc) is 2.69. The number of aromatic nitrogens is 3. The number of nitrogens with one attached hydrogen (secondary N) is 2. The van der Waals surface area contributed by atoms with E-state index in [9.17, 15) is 5.11 Å². The van der Waals surface area contributed by atoms with Gasteiger partial charge in [0.2, 0.25) is 5.95 Å².